The highest BCUT2D eigenvalue weighted by atomic mass is 28.1. The highest BCUT2D eigenvalue weighted by Gasteiger charge is 2.04. The third-order valence-corrected chi connectivity index (χ3v) is 3.51. The zero-order valence-electron chi connectivity index (χ0n) is 8.88. The molecule has 14 heavy (non-hydrogen) atoms. The predicted molar refractivity (Wildman–Crippen MR) is 62.6 cm³/mol. The minimum atomic E-state index is 0.253. The average molecular weight is 210 g/mol. The van der Waals surface area contributed by atoms with Gasteiger partial charge in [-0.05, 0) is 30.5 Å². The highest BCUT2D eigenvalue weighted by Crippen LogP contribution is 2.18. The van der Waals surface area contributed by atoms with Crippen LogP contribution in [0.1, 0.15) is 31.7 Å². The summed E-state index contributed by atoms with van der Waals surface area (Å²) in [6.07, 6.45) is 4.45. The fraction of sp³-hybridized carbons (Fsp3) is 0.455. The van der Waals surface area contributed by atoms with Gasteiger partial charge >= 0.3 is 0 Å². The van der Waals surface area contributed by atoms with Crippen LogP contribution in [-0.4, -0.2) is 20.5 Å². The van der Waals surface area contributed by atoms with Crippen LogP contribution in [0.2, 0.25) is 0 Å². The van der Waals surface area contributed by atoms with Gasteiger partial charge in [0.1, 0.15) is 11.5 Å². The van der Waals surface area contributed by atoms with Crippen molar-refractivity contribution in [3.05, 3.63) is 17.7 Å². The molecule has 0 saturated heterocycles. The first-order valence-corrected chi connectivity index (χ1v) is 6.16. The van der Waals surface area contributed by atoms with Crippen LogP contribution in [0.4, 0.5) is 0 Å². The lowest BCUT2D eigenvalue weighted by Crippen LogP contribution is -2.04. The number of phenolic OH excluding ortho intramolecular Hbond substituents is 2. The molecule has 3 heteroatoms. The lowest BCUT2D eigenvalue weighted by molar-refractivity contribution is 0.457. The minimum Gasteiger partial charge on any atom is -0.508 e. The first-order chi connectivity index (χ1) is 6.65. The van der Waals surface area contributed by atoms with E-state index in [-0.39, 0.29) is 11.5 Å². The van der Waals surface area contributed by atoms with Gasteiger partial charge in [-0.25, -0.2) is 0 Å². The van der Waals surface area contributed by atoms with Crippen molar-refractivity contribution in [3.8, 4) is 11.5 Å². The number of hydrogen-bond acceptors (Lipinski definition) is 2. The molecule has 0 fully saturated rings. The fourth-order valence-electron chi connectivity index (χ4n) is 1.46. The van der Waals surface area contributed by atoms with Gasteiger partial charge in [-0.1, -0.05) is 19.8 Å². The Morgan fingerprint density at radius 2 is 1.71 bits per heavy atom. The van der Waals surface area contributed by atoms with Gasteiger partial charge in [-0.15, -0.1) is 0 Å². The molecule has 2 nitrogen and oxygen atoms in total. The normalized spacial score (nSPS) is 10.6. The molecule has 1 aromatic carbocycles. The Labute approximate surface area is 88.0 Å². The quantitative estimate of drug-likeness (QED) is 0.570. The number of aryl methyl sites for hydroxylation is 1. The summed E-state index contributed by atoms with van der Waals surface area (Å²) in [4.78, 5) is 0. The molecule has 0 saturated carbocycles. The summed E-state index contributed by atoms with van der Waals surface area (Å²) in [6, 6.07) is 3.55. The zero-order valence-corrected chi connectivity index (χ0v) is 10.9. The van der Waals surface area contributed by atoms with Crippen molar-refractivity contribution >= 4 is 15.4 Å². The lowest BCUT2D eigenvalue weighted by atomic mass is 10.1. The molecule has 0 aliphatic carbocycles. The van der Waals surface area contributed by atoms with Gasteiger partial charge in [0.05, 0.1) is 0 Å². The van der Waals surface area contributed by atoms with Crippen molar-refractivity contribution in [2.24, 2.45) is 0 Å². The molecular formula is C11H18O2Si. The van der Waals surface area contributed by atoms with Crippen LogP contribution in [0.15, 0.2) is 12.1 Å². The maximum absolute atomic E-state index is 9.51. The number of hydrogen-bond donors (Lipinski definition) is 2. The first-order valence-electron chi connectivity index (χ1n) is 5.16. The van der Waals surface area contributed by atoms with E-state index in [0.717, 1.165) is 18.4 Å². The van der Waals surface area contributed by atoms with Crippen LogP contribution in [0.25, 0.3) is 0 Å². The lowest BCUT2D eigenvalue weighted by Gasteiger charge is -2.06. The minimum absolute atomic E-state index is 0.253. The fourth-order valence-corrected chi connectivity index (χ4v) is 1.75. The van der Waals surface area contributed by atoms with Crippen molar-refractivity contribution in [3.63, 3.8) is 0 Å². The van der Waals surface area contributed by atoms with E-state index >= 15 is 0 Å². The van der Waals surface area contributed by atoms with Gasteiger partial charge in [-0.2, -0.15) is 0 Å². The molecule has 0 aliphatic heterocycles. The number of phenols is 2. The van der Waals surface area contributed by atoms with E-state index in [1.807, 2.05) is 0 Å². The van der Waals surface area contributed by atoms with Crippen LogP contribution in [0.3, 0.4) is 0 Å². The molecule has 0 unspecified atom stereocenters. The van der Waals surface area contributed by atoms with Gasteiger partial charge in [0, 0.05) is 15.4 Å². The predicted octanol–water partition coefficient (Wildman–Crippen LogP) is 0.821. The van der Waals surface area contributed by atoms with E-state index in [1.165, 1.54) is 12.8 Å². The summed E-state index contributed by atoms with van der Waals surface area (Å²) in [5.74, 6) is 0.506. The Bertz CT molecular complexity index is 287. The Morgan fingerprint density at radius 1 is 1.14 bits per heavy atom. The molecule has 78 valence electrons. The smallest absolute Gasteiger partial charge is 0.117 e. The van der Waals surface area contributed by atoms with E-state index in [4.69, 9.17) is 0 Å². The molecule has 0 radical (unpaired) electrons. The summed E-state index contributed by atoms with van der Waals surface area (Å²) in [5.41, 5.74) is 1.04. The monoisotopic (exact) mass is 210 g/mol. The molecule has 0 atom stereocenters. The second-order valence-electron chi connectivity index (χ2n) is 3.72. The van der Waals surface area contributed by atoms with Crippen molar-refractivity contribution in [2.75, 3.05) is 0 Å². The SMILES string of the molecule is CCCCCc1cc(O)c([SiH3])c(O)c1. The Hall–Kier alpha value is -0.963. The standard InChI is InChI=1S/C11H18O2Si/c1-2-3-4-5-8-6-9(12)11(14)10(13)7-8/h6-7,12-13H,2-5H2,1,14H3. The summed E-state index contributed by atoms with van der Waals surface area (Å²) in [6.45, 7) is 2.16. The van der Waals surface area contributed by atoms with Crippen molar-refractivity contribution in [1.29, 1.82) is 0 Å². The van der Waals surface area contributed by atoms with Crippen LogP contribution < -0.4 is 5.19 Å². The summed E-state index contributed by atoms with van der Waals surface area (Å²) < 4.78 is 0. The Kier molecular flexibility index (Phi) is 4.01. The number of aromatic hydroxyl groups is 2. The van der Waals surface area contributed by atoms with E-state index < -0.39 is 0 Å². The zero-order chi connectivity index (χ0) is 10.6. The van der Waals surface area contributed by atoms with E-state index in [2.05, 4.69) is 6.92 Å². The first kappa shape index (κ1) is 11.1. The Morgan fingerprint density at radius 3 is 2.21 bits per heavy atom. The maximum Gasteiger partial charge on any atom is 0.117 e. The van der Waals surface area contributed by atoms with Crippen LogP contribution in [0.5, 0.6) is 11.5 Å². The van der Waals surface area contributed by atoms with Crippen LogP contribution in [-0.2, 0) is 6.42 Å². The molecular weight excluding hydrogens is 192 g/mol. The molecule has 0 heterocycles. The summed E-state index contributed by atoms with van der Waals surface area (Å²) >= 11 is 0. The number of unbranched alkanes of at least 4 members (excludes halogenated alkanes) is 2. The third-order valence-electron chi connectivity index (χ3n) is 2.48. The number of rotatable bonds is 4. The van der Waals surface area contributed by atoms with Crippen molar-refractivity contribution in [1.82, 2.24) is 0 Å². The molecule has 2 N–H and O–H groups in total. The largest absolute Gasteiger partial charge is 0.508 e. The topological polar surface area (TPSA) is 40.5 Å². The second kappa shape index (κ2) is 5.05. The van der Waals surface area contributed by atoms with E-state index in [1.54, 1.807) is 12.1 Å². The molecule has 0 aliphatic rings. The molecule has 0 spiro atoms. The van der Waals surface area contributed by atoms with Crippen LogP contribution >= 0.6 is 0 Å². The van der Waals surface area contributed by atoms with Gasteiger partial charge in [-0.3, -0.25) is 0 Å². The second-order valence-corrected chi connectivity index (χ2v) is 4.72. The third kappa shape index (κ3) is 2.77. The summed E-state index contributed by atoms with van der Waals surface area (Å²) in [5, 5.41) is 19.7. The molecule has 1 aromatic rings. The van der Waals surface area contributed by atoms with Crippen molar-refractivity contribution < 1.29 is 10.2 Å². The average Bonchev–Trinajstić information content (AvgIpc) is 2.14. The highest BCUT2D eigenvalue weighted by molar-refractivity contribution is 6.36. The van der Waals surface area contributed by atoms with Crippen molar-refractivity contribution in [2.45, 2.75) is 32.6 Å². The molecule has 0 amide bonds. The van der Waals surface area contributed by atoms with E-state index in [9.17, 15) is 10.2 Å². The number of benzene rings is 1. The van der Waals surface area contributed by atoms with Gasteiger partial charge in [0.25, 0.3) is 0 Å². The summed E-state index contributed by atoms with van der Waals surface area (Å²) in [7, 11) is 0.682. The van der Waals surface area contributed by atoms with E-state index in [0.29, 0.717) is 15.4 Å². The van der Waals surface area contributed by atoms with Gasteiger partial charge in [0.2, 0.25) is 0 Å². The van der Waals surface area contributed by atoms with Gasteiger partial charge in [0.15, 0.2) is 0 Å². The molecule has 0 aromatic heterocycles. The molecule has 0 bridgehead atoms. The Balaban J connectivity index is 2.69. The molecule has 1 rings (SSSR count). The maximum atomic E-state index is 9.51. The van der Waals surface area contributed by atoms with Gasteiger partial charge < -0.3 is 10.2 Å². The van der Waals surface area contributed by atoms with Crippen LogP contribution in [0, 0.1) is 0 Å².